The highest BCUT2D eigenvalue weighted by Crippen LogP contribution is 2.14. The first-order valence-corrected chi connectivity index (χ1v) is 42.5. The van der Waals surface area contributed by atoms with Crippen LogP contribution in [0.25, 0.3) is 0 Å². The number of carbonyl (C=O) groups is 8. The molecule has 0 aliphatic rings. The summed E-state index contributed by atoms with van der Waals surface area (Å²) in [5.74, 6) is -2.88. The van der Waals surface area contributed by atoms with Gasteiger partial charge in [-0.25, -0.2) is 0 Å². The Labute approximate surface area is 744 Å². The van der Waals surface area contributed by atoms with E-state index in [9.17, 15) is 38.4 Å². The standard InChI is InChI=1S/C28H48N6O6.2C19H31N3O4.2C5H13NO2.C5H12O3.C4H13N3.H3N.H2O/c1-39-17-18-40-16-15-32-24(9-5-6-11-33-26(36)19-22-7-3-2-4-8-22)25(35)20-23(28(30)38)21-27(37)34-14-13-31-12-10-29;2*1-25-13-14-26-12-11-21-17(19(20)24)9-5-6-10-22-18(23)15-16-7-3-2-4-8-16;3*1-7-4-5-8-3-2-6;5-1-3-7-4-2-6;;/h2-4,7-8,23-24,31-32H,5-6,9-21,29H2,1H3,(H2,30,38)(H,33,36)(H,34,37);2*2-4,7-8,17,21H,5-6,9-15H2,1H3,(H2,20,24)(H,22,23);2*2-6H2,1H3;6H,2-5H2,1H3;7H,1-6H2;1H3;1H2. The van der Waals surface area contributed by atoms with Crippen LogP contribution in [-0.4, -0.2) is 349 Å². The van der Waals surface area contributed by atoms with E-state index in [2.05, 4.69) is 52.6 Å². The van der Waals surface area contributed by atoms with Crippen LogP contribution in [0.2, 0.25) is 0 Å². The Hall–Kier alpha value is -7.38. The van der Waals surface area contributed by atoms with Crippen molar-refractivity contribution in [2.75, 3.05) is 273 Å². The number of ether oxygens (including phenoxy) is 12. The van der Waals surface area contributed by atoms with Crippen LogP contribution in [-0.2, 0) is 114 Å². The van der Waals surface area contributed by atoms with Crippen molar-refractivity contribution in [3.8, 4) is 0 Å². The Morgan fingerprint density at radius 2 is 0.600 bits per heavy atom. The minimum absolute atomic E-state index is 0. The predicted octanol–water partition coefficient (Wildman–Crippen LogP) is -2.82. The van der Waals surface area contributed by atoms with Crippen LogP contribution in [0.15, 0.2) is 91.0 Å². The number of ketones is 1. The van der Waals surface area contributed by atoms with E-state index in [-0.39, 0.29) is 84.4 Å². The second kappa shape index (κ2) is 104. The minimum atomic E-state index is -0.899. The van der Waals surface area contributed by atoms with Crippen molar-refractivity contribution in [3.63, 3.8) is 0 Å². The van der Waals surface area contributed by atoms with Gasteiger partial charge in [0.25, 0.3) is 0 Å². The first kappa shape index (κ1) is 128. The van der Waals surface area contributed by atoms with E-state index in [1.807, 2.05) is 91.0 Å². The second-order valence-corrected chi connectivity index (χ2v) is 27.0. The lowest BCUT2D eigenvalue weighted by Crippen LogP contribution is -2.42. The molecule has 0 saturated carbocycles. The van der Waals surface area contributed by atoms with Gasteiger partial charge >= 0.3 is 0 Å². The number of rotatable bonds is 74. The van der Waals surface area contributed by atoms with Crippen molar-refractivity contribution in [1.82, 2.24) is 54.0 Å². The monoisotopic (exact) mass is 1790 g/mol. The van der Waals surface area contributed by atoms with Crippen LogP contribution in [0.5, 0.6) is 0 Å². The van der Waals surface area contributed by atoms with Crippen molar-refractivity contribution >= 4 is 47.1 Å². The fraction of sp³-hybridized carbons (Fsp3) is 0.694. The van der Waals surface area contributed by atoms with Crippen LogP contribution >= 0.6 is 0 Å². The van der Waals surface area contributed by atoms with E-state index in [0.29, 0.717) is 262 Å². The quantitative estimate of drug-likeness (QED) is 0.0254. The molecule has 0 radical (unpaired) electrons. The molecule has 3 rings (SSSR count). The van der Waals surface area contributed by atoms with E-state index in [0.717, 1.165) is 55.5 Å². The van der Waals surface area contributed by atoms with Gasteiger partial charge in [-0.2, -0.15) is 0 Å². The molecule has 31 N–H and O–H groups in total. The zero-order valence-corrected chi connectivity index (χ0v) is 76.1. The van der Waals surface area contributed by atoms with Gasteiger partial charge < -0.3 is 167 Å². The number of unbranched alkanes of at least 4 members (excludes halogenated alkanes) is 3. The number of carbonyl (C=O) groups excluding carboxylic acids is 8. The number of aliphatic hydroxyl groups excluding tert-OH is 1. The van der Waals surface area contributed by atoms with Crippen LogP contribution in [0.1, 0.15) is 87.3 Å². The van der Waals surface area contributed by atoms with E-state index in [1.165, 1.54) is 0 Å². The van der Waals surface area contributed by atoms with Crippen LogP contribution in [0.3, 0.4) is 0 Å². The Kier molecular flexibility index (Phi) is 106. The van der Waals surface area contributed by atoms with Crippen molar-refractivity contribution < 1.29 is 106 Å². The van der Waals surface area contributed by atoms with Crippen LogP contribution in [0, 0.1) is 5.92 Å². The van der Waals surface area contributed by atoms with E-state index < -0.39 is 17.9 Å². The normalized spacial score (nSPS) is 11.3. The molecule has 4 atom stereocenters. The first-order chi connectivity index (χ1) is 59.8. The molecular weight excluding hydrogens is 1630 g/mol. The molecular formula is C85H166N18O22. The first-order valence-electron chi connectivity index (χ1n) is 42.5. The third-order valence-electron chi connectivity index (χ3n) is 16.6. The summed E-state index contributed by atoms with van der Waals surface area (Å²) in [7, 11) is 9.73. The molecule has 125 heavy (non-hydrogen) atoms. The highest BCUT2D eigenvalue weighted by Gasteiger charge is 2.27. The maximum absolute atomic E-state index is 13.2. The summed E-state index contributed by atoms with van der Waals surface area (Å²) in [5.41, 5.74) is 45.3. The molecule has 0 saturated heterocycles. The number of aliphatic hydroxyl groups is 1. The Bertz CT molecular complexity index is 2700. The number of benzene rings is 3. The highest BCUT2D eigenvalue weighted by molar-refractivity contribution is 5.92. The van der Waals surface area contributed by atoms with Gasteiger partial charge in [-0.1, -0.05) is 91.0 Å². The average Bonchev–Trinajstić information content (AvgIpc) is 0.872. The molecule has 3 aromatic rings. The SMILES string of the molecule is COCCOCCN.COCCOCCN.COCCOCCNC(CCCCNC(=O)Cc1ccccc1)C(=O)CC(CC(=O)NCCNCCN)C(N)=O.COCCOCCNC(CCCCNC(=O)Cc1ccccc1)C(N)=O.COCCOCCNC(CCCCNC(=O)Cc1ccccc1)C(N)=O.COCCOCCO.N.NCCNCCN.O. The Balaban J connectivity index is -0.000000365. The van der Waals surface area contributed by atoms with Gasteiger partial charge in [0.15, 0.2) is 5.78 Å². The molecule has 7 amide bonds. The summed E-state index contributed by atoms with van der Waals surface area (Å²) in [6, 6.07) is 27.5. The largest absolute Gasteiger partial charge is 0.412 e. The molecule has 40 heteroatoms. The second-order valence-electron chi connectivity index (χ2n) is 27.0. The molecule has 0 bridgehead atoms. The predicted molar refractivity (Wildman–Crippen MR) is 488 cm³/mol. The van der Waals surface area contributed by atoms with Crippen LogP contribution in [0.4, 0.5) is 0 Å². The summed E-state index contributed by atoms with van der Waals surface area (Å²) < 4.78 is 59.8. The molecule has 3 aromatic carbocycles. The summed E-state index contributed by atoms with van der Waals surface area (Å²) in [6.07, 6.45) is 7.17. The zero-order valence-electron chi connectivity index (χ0n) is 76.1. The van der Waals surface area contributed by atoms with E-state index in [4.69, 9.17) is 103 Å². The lowest BCUT2D eigenvalue weighted by atomic mass is 9.92. The molecule has 0 heterocycles. The lowest BCUT2D eigenvalue weighted by Gasteiger charge is -2.20. The number of hydrogen-bond acceptors (Lipinski definition) is 32. The third-order valence-corrected chi connectivity index (χ3v) is 16.6. The smallest absolute Gasteiger partial charge is 0.234 e. The molecule has 0 aromatic heterocycles. The highest BCUT2D eigenvalue weighted by atomic mass is 16.5. The third kappa shape index (κ3) is 95.6. The number of hydrogen-bond donors (Lipinski definition) is 19. The molecule has 0 spiro atoms. The number of nitrogens with one attached hydrogen (secondary N) is 9. The summed E-state index contributed by atoms with van der Waals surface area (Å²) in [6.45, 7) is 19.6. The van der Waals surface area contributed by atoms with Crippen molar-refractivity contribution in [2.24, 2.45) is 51.8 Å². The number of nitrogens with two attached hydrogens (primary N) is 8. The number of primary amides is 3. The minimum Gasteiger partial charge on any atom is -0.412 e. The molecule has 0 fully saturated rings. The van der Waals surface area contributed by atoms with Crippen LogP contribution < -0.4 is 99.9 Å². The lowest BCUT2D eigenvalue weighted by molar-refractivity contribution is -0.131. The van der Waals surface area contributed by atoms with Crippen molar-refractivity contribution in [3.05, 3.63) is 108 Å². The maximum atomic E-state index is 13.2. The van der Waals surface area contributed by atoms with Crippen molar-refractivity contribution in [2.45, 2.75) is 108 Å². The van der Waals surface area contributed by atoms with Gasteiger partial charge in [-0.05, 0) is 74.5 Å². The van der Waals surface area contributed by atoms with Crippen molar-refractivity contribution in [1.29, 1.82) is 0 Å². The number of Topliss-reactive ketones (excluding diaryl/α,β-unsaturated/α-hetero) is 1. The average molecular weight is 1790 g/mol. The fourth-order valence-electron chi connectivity index (χ4n) is 10.1. The topological polar surface area (TPSA) is 650 Å². The van der Waals surface area contributed by atoms with Gasteiger partial charge in [0.05, 0.1) is 169 Å². The summed E-state index contributed by atoms with van der Waals surface area (Å²) in [5, 5.41) is 35.1. The molecule has 4 unspecified atom stereocenters. The van der Waals surface area contributed by atoms with E-state index in [1.54, 1.807) is 42.7 Å². The zero-order chi connectivity index (χ0) is 91.8. The molecule has 728 valence electrons. The number of amides is 7. The maximum Gasteiger partial charge on any atom is 0.234 e. The van der Waals surface area contributed by atoms with E-state index >= 15 is 0 Å². The fourth-order valence-corrected chi connectivity index (χ4v) is 10.1. The van der Waals surface area contributed by atoms with Gasteiger partial charge in [0.1, 0.15) is 0 Å². The number of methoxy groups -OCH3 is 6. The van der Waals surface area contributed by atoms with Gasteiger partial charge in [-0.15, -0.1) is 0 Å². The summed E-state index contributed by atoms with van der Waals surface area (Å²) >= 11 is 0. The molecule has 40 nitrogen and oxygen atoms in total. The van der Waals surface area contributed by atoms with Gasteiger partial charge in [0, 0.05) is 160 Å². The Morgan fingerprint density at radius 1 is 0.312 bits per heavy atom. The van der Waals surface area contributed by atoms with Gasteiger partial charge in [-0.3, -0.25) is 38.4 Å². The summed E-state index contributed by atoms with van der Waals surface area (Å²) in [4.78, 5) is 96.3. The Morgan fingerprint density at radius 3 is 0.888 bits per heavy atom. The van der Waals surface area contributed by atoms with Gasteiger partial charge in [0.2, 0.25) is 41.4 Å². The molecule has 0 aliphatic heterocycles. The molecule has 0 aliphatic carbocycles.